The van der Waals surface area contributed by atoms with Crippen LogP contribution in [-0.4, -0.2) is 55.5 Å². The van der Waals surface area contributed by atoms with E-state index in [1.807, 2.05) is 0 Å². The van der Waals surface area contributed by atoms with E-state index in [0.29, 0.717) is 6.10 Å². The molecule has 0 heterocycles. The molecule has 0 aliphatic heterocycles. The molecule has 0 bridgehead atoms. The second kappa shape index (κ2) is 9.15. The highest BCUT2D eigenvalue weighted by Crippen LogP contribution is 2.21. The number of hydrogen-bond acceptors (Lipinski definition) is 3. The largest absolute Gasteiger partial charge is 0.465 e. The number of nitrogens with one attached hydrogen (secondary N) is 1. The predicted octanol–water partition coefficient (Wildman–Crippen LogP) is 2.31. The first-order valence-corrected chi connectivity index (χ1v) is 7.33. The summed E-state index contributed by atoms with van der Waals surface area (Å²) in [7, 11) is 4.19. The van der Waals surface area contributed by atoms with E-state index in [0.717, 1.165) is 45.3 Å². The van der Waals surface area contributed by atoms with Gasteiger partial charge < -0.3 is 20.1 Å². The van der Waals surface area contributed by atoms with Crippen molar-refractivity contribution >= 4 is 6.09 Å². The van der Waals surface area contributed by atoms with Crippen LogP contribution in [0.15, 0.2) is 0 Å². The first-order valence-electron chi connectivity index (χ1n) is 7.33. The highest BCUT2D eigenvalue weighted by atomic mass is 16.5. The summed E-state index contributed by atoms with van der Waals surface area (Å²) in [6, 6.07) is 0.123. The van der Waals surface area contributed by atoms with Crippen molar-refractivity contribution < 1.29 is 14.6 Å². The van der Waals surface area contributed by atoms with Gasteiger partial charge in [0.2, 0.25) is 0 Å². The van der Waals surface area contributed by atoms with Gasteiger partial charge in [0.1, 0.15) is 0 Å². The van der Waals surface area contributed by atoms with Crippen LogP contribution in [0, 0.1) is 0 Å². The lowest BCUT2D eigenvalue weighted by Gasteiger charge is -2.28. The molecule has 2 N–H and O–H groups in total. The van der Waals surface area contributed by atoms with E-state index in [1.54, 1.807) is 0 Å². The van der Waals surface area contributed by atoms with Crippen LogP contribution >= 0.6 is 0 Å². The molecule has 1 aliphatic rings. The lowest BCUT2D eigenvalue weighted by molar-refractivity contribution is 0.0205. The van der Waals surface area contributed by atoms with Crippen LogP contribution in [0.3, 0.4) is 0 Å². The smallest absolute Gasteiger partial charge is 0.404 e. The zero-order valence-electron chi connectivity index (χ0n) is 12.2. The van der Waals surface area contributed by atoms with Gasteiger partial charge in [0.05, 0.1) is 6.10 Å². The van der Waals surface area contributed by atoms with Crippen molar-refractivity contribution in [1.29, 1.82) is 0 Å². The first-order chi connectivity index (χ1) is 9.08. The van der Waals surface area contributed by atoms with Crippen LogP contribution in [0.25, 0.3) is 0 Å². The molecule has 1 rings (SSSR count). The molecular weight excluding hydrogens is 244 g/mol. The lowest BCUT2D eigenvalue weighted by atomic mass is 9.93. The minimum Gasteiger partial charge on any atom is -0.465 e. The molecule has 1 saturated carbocycles. The molecule has 112 valence electrons. The van der Waals surface area contributed by atoms with E-state index in [-0.39, 0.29) is 6.04 Å². The molecule has 5 nitrogen and oxygen atoms in total. The molecule has 0 aromatic heterocycles. The van der Waals surface area contributed by atoms with Crippen molar-refractivity contribution in [2.24, 2.45) is 0 Å². The molecule has 0 aromatic carbocycles. The number of carboxylic acid groups (broad SMARTS) is 1. The fourth-order valence-corrected chi connectivity index (χ4v) is 2.51. The number of unbranched alkanes of at least 4 members (excludes halogenated alkanes) is 2. The van der Waals surface area contributed by atoms with Gasteiger partial charge in [-0.3, -0.25) is 0 Å². The van der Waals surface area contributed by atoms with Crippen LogP contribution < -0.4 is 5.32 Å². The summed E-state index contributed by atoms with van der Waals surface area (Å²) in [6.07, 6.45) is 6.74. The third-order valence-electron chi connectivity index (χ3n) is 3.61. The third-order valence-corrected chi connectivity index (χ3v) is 3.61. The van der Waals surface area contributed by atoms with Gasteiger partial charge in [-0.1, -0.05) is 0 Å². The highest BCUT2D eigenvalue weighted by molar-refractivity contribution is 5.64. The second-order valence-corrected chi connectivity index (χ2v) is 5.66. The van der Waals surface area contributed by atoms with Gasteiger partial charge in [0.25, 0.3) is 0 Å². The molecular formula is C14H28N2O3. The Hall–Kier alpha value is -0.810. The number of nitrogens with zero attached hydrogens (tertiary/aromatic N) is 1. The number of amides is 1. The lowest BCUT2D eigenvalue weighted by Crippen LogP contribution is -2.38. The van der Waals surface area contributed by atoms with E-state index < -0.39 is 6.09 Å². The molecule has 1 amide bonds. The normalized spacial score (nSPS) is 23.5. The van der Waals surface area contributed by atoms with Crippen LogP contribution in [0.2, 0.25) is 0 Å². The molecule has 1 fully saturated rings. The first kappa shape index (κ1) is 16.2. The van der Waals surface area contributed by atoms with Crippen LogP contribution in [0.1, 0.15) is 44.9 Å². The fourth-order valence-electron chi connectivity index (χ4n) is 2.51. The monoisotopic (exact) mass is 272 g/mol. The summed E-state index contributed by atoms with van der Waals surface area (Å²) >= 11 is 0. The molecule has 0 saturated heterocycles. The van der Waals surface area contributed by atoms with Gasteiger partial charge in [0.15, 0.2) is 0 Å². The maximum Gasteiger partial charge on any atom is 0.404 e. The number of carbonyl (C=O) groups is 1. The van der Waals surface area contributed by atoms with E-state index in [4.69, 9.17) is 9.84 Å². The summed E-state index contributed by atoms with van der Waals surface area (Å²) in [5, 5.41) is 11.2. The second-order valence-electron chi connectivity index (χ2n) is 5.66. The number of rotatable bonds is 8. The Kier molecular flexibility index (Phi) is 7.82. The SMILES string of the molecule is CN(C)CCCCCOC1CCC(NC(=O)O)CC1. The van der Waals surface area contributed by atoms with E-state index in [9.17, 15) is 4.79 Å². The van der Waals surface area contributed by atoms with E-state index in [2.05, 4.69) is 24.3 Å². The van der Waals surface area contributed by atoms with Gasteiger partial charge in [-0.05, 0) is 65.6 Å². The Bertz CT molecular complexity index is 251. The zero-order chi connectivity index (χ0) is 14.1. The minimum atomic E-state index is -0.912. The molecule has 0 atom stereocenters. The van der Waals surface area contributed by atoms with Crippen molar-refractivity contribution in [2.75, 3.05) is 27.2 Å². The summed E-state index contributed by atoms with van der Waals surface area (Å²) in [5.41, 5.74) is 0. The maximum atomic E-state index is 10.5. The van der Waals surface area contributed by atoms with Crippen molar-refractivity contribution in [3.8, 4) is 0 Å². The quantitative estimate of drug-likeness (QED) is 0.666. The summed E-state index contributed by atoms with van der Waals surface area (Å²) < 4.78 is 5.85. The molecule has 0 radical (unpaired) electrons. The van der Waals surface area contributed by atoms with Gasteiger partial charge in [-0.2, -0.15) is 0 Å². The van der Waals surface area contributed by atoms with Gasteiger partial charge in [-0.25, -0.2) is 4.79 Å². The van der Waals surface area contributed by atoms with Crippen molar-refractivity contribution in [2.45, 2.75) is 57.1 Å². The van der Waals surface area contributed by atoms with Crippen LogP contribution in [0.5, 0.6) is 0 Å². The topological polar surface area (TPSA) is 61.8 Å². The van der Waals surface area contributed by atoms with Crippen molar-refractivity contribution in [3.05, 3.63) is 0 Å². The molecule has 0 spiro atoms. The average Bonchev–Trinajstić information content (AvgIpc) is 2.34. The Balaban J connectivity index is 1.96. The number of hydrogen-bond donors (Lipinski definition) is 2. The predicted molar refractivity (Wildman–Crippen MR) is 75.6 cm³/mol. The van der Waals surface area contributed by atoms with Crippen molar-refractivity contribution in [3.63, 3.8) is 0 Å². The molecule has 0 unspecified atom stereocenters. The van der Waals surface area contributed by atoms with E-state index >= 15 is 0 Å². The molecule has 5 heteroatoms. The summed E-state index contributed by atoms with van der Waals surface area (Å²) in [6.45, 7) is 1.99. The Labute approximate surface area is 116 Å². The van der Waals surface area contributed by atoms with Crippen LogP contribution in [0.4, 0.5) is 4.79 Å². The Morgan fingerprint density at radius 3 is 2.47 bits per heavy atom. The zero-order valence-corrected chi connectivity index (χ0v) is 12.2. The van der Waals surface area contributed by atoms with Crippen LogP contribution in [-0.2, 0) is 4.74 Å². The van der Waals surface area contributed by atoms with Gasteiger partial charge in [0, 0.05) is 12.6 Å². The standard InChI is InChI=1S/C14H28N2O3/c1-16(2)10-4-3-5-11-19-13-8-6-12(7-9-13)15-14(17)18/h12-13,15H,3-11H2,1-2H3,(H,17,18). The minimum absolute atomic E-state index is 0.123. The Morgan fingerprint density at radius 2 is 1.89 bits per heavy atom. The number of ether oxygens (including phenoxy) is 1. The summed E-state index contributed by atoms with van der Waals surface area (Å²) in [4.78, 5) is 12.7. The average molecular weight is 272 g/mol. The van der Waals surface area contributed by atoms with Gasteiger partial charge in [-0.15, -0.1) is 0 Å². The highest BCUT2D eigenvalue weighted by Gasteiger charge is 2.22. The Morgan fingerprint density at radius 1 is 1.21 bits per heavy atom. The molecule has 0 aromatic rings. The summed E-state index contributed by atoms with van der Waals surface area (Å²) in [5.74, 6) is 0. The molecule has 19 heavy (non-hydrogen) atoms. The fraction of sp³-hybridized carbons (Fsp3) is 0.929. The molecule has 1 aliphatic carbocycles. The maximum absolute atomic E-state index is 10.5. The van der Waals surface area contributed by atoms with Gasteiger partial charge >= 0.3 is 6.09 Å². The third kappa shape index (κ3) is 8.06. The van der Waals surface area contributed by atoms with E-state index in [1.165, 1.54) is 12.8 Å². The van der Waals surface area contributed by atoms with Crippen molar-refractivity contribution in [1.82, 2.24) is 10.2 Å².